The molecule has 1 saturated heterocycles. The summed E-state index contributed by atoms with van der Waals surface area (Å²) in [6.07, 6.45) is 1.43. The van der Waals surface area contributed by atoms with E-state index in [0.29, 0.717) is 13.0 Å². The number of nitro benzene ring substituents is 1. The summed E-state index contributed by atoms with van der Waals surface area (Å²) < 4.78 is 26.4. The standard InChI is InChI=1S/C12H16ClN3O4S.ClH/c1-8-11(13)5-10(6-12(8)16(17)18)21(19,20)15-4-2-3-9(14)7-15;/h5-6,9H,2-4,7,14H2,1H3;1H/t9-;/m1./s1. The first-order chi connectivity index (χ1) is 9.73. The van der Waals surface area contributed by atoms with Gasteiger partial charge in [0, 0.05) is 30.8 Å². The van der Waals surface area contributed by atoms with Gasteiger partial charge in [0.05, 0.1) is 14.8 Å². The molecule has 2 rings (SSSR count). The normalized spacial score (nSPS) is 19.5. The van der Waals surface area contributed by atoms with Crippen LogP contribution >= 0.6 is 24.0 Å². The fraction of sp³-hybridized carbons (Fsp3) is 0.500. The maximum atomic E-state index is 12.6. The first-order valence-electron chi connectivity index (χ1n) is 6.43. The zero-order valence-corrected chi connectivity index (χ0v) is 14.2. The van der Waals surface area contributed by atoms with E-state index in [-0.39, 0.29) is 46.2 Å². The van der Waals surface area contributed by atoms with Gasteiger partial charge in [-0.15, -0.1) is 12.4 Å². The molecule has 10 heteroatoms. The molecule has 0 spiro atoms. The maximum Gasteiger partial charge on any atom is 0.275 e. The molecule has 0 amide bonds. The molecule has 1 aliphatic rings. The van der Waals surface area contributed by atoms with Gasteiger partial charge in [-0.3, -0.25) is 10.1 Å². The van der Waals surface area contributed by atoms with Gasteiger partial charge in [-0.1, -0.05) is 11.6 Å². The molecule has 0 saturated carbocycles. The van der Waals surface area contributed by atoms with E-state index in [2.05, 4.69) is 0 Å². The largest absolute Gasteiger partial charge is 0.327 e. The van der Waals surface area contributed by atoms with E-state index in [1.54, 1.807) is 0 Å². The smallest absolute Gasteiger partial charge is 0.275 e. The first kappa shape index (κ1) is 19.1. The first-order valence-corrected chi connectivity index (χ1v) is 8.25. The van der Waals surface area contributed by atoms with Crippen LogP contribution < -0.4 is 5.73 Å². The van der Waals surface area contributed by atoms with Crippen molar-refractivity contribution >= 4 is 39.7 Å². The lowest BCUT2D eigenvalue weighted by Gasteiger charge is -2.29. The lowest BCUT2D eigenvalue weighted by atomic mass is 10.1. The number of nitrogens with zero attached hydrogens (tertiary/aromatic N) is 2. The van der Waals surface area contributed by atoms with Gasteiger partial charge < -0.3 is 5.73 Å². The molecule has 22 heavy (non-hydrogen) atoms. The van der Waals surface area contributed by atoms with E-state index in [1.807, 2.05) is 0 Å². The molecular formula is C12H17Cl2N3O4S. The van der Waals surface area contributed by atoms with Crippen molar-refractivity contribution in [1.82, 2.24) is 4.31 Å². The highest BCUT2D eigenvalue weighted by molar-refractivity contribution is 7.89. The fourth-order valence-electron chi connectivity index (χ4n) is 2.32. The molecule has 0 radical (unpaired) electrons. The molecule has 1 fully saturated rings. The predicted molar refractivity (Wildman–Crippen MR) is 86.1 cm³/mol. The summed E-state index contributed by atoms with van der Waals surface area (Å²) in [6, 6.07) is 2.08. The van der Waals surface area contributed by atoms with Gasteiger partial charge in [0.25, 0.3) is 5.69 Å². The van der Waals surface area contributed by atoms with Crippen LogP contribution in [0.5, 0.6) is 0 Å². The van der Waals surface area contributed by atoms with Crippen LogP contribution in [0.25, 0.3) is 0 Å². The Hall–Kier alpha value is -0.930. The lowest BCUT2D eigenvalue weighted by Crippen LogP contribution is -2.45. The molecular weight excluding hydrogens is 353 g/mol. The van der Waals surface area contributed by atoms with Crippen LogP contribution in [-0.4, -0.2) is 36.8 Å². The highest BCUT2D eigenvalue weighted by atomic mass is 35.5. The van der Waals surface area contributed by atoms with Crippen LogP contribution in [0.2, 0.25) is 5.02 Å². The Kier molecular flexibility index (Phi) is 6.17. The van der Waals surface area contributed by atoms with Crippen LogP contribution in [0, 0.1) is 17.0 Å². The third-order valence-electron chi connectivity index (χ3n) is 3.55. The van der Waals surface area contributed by atoms with Crippen molar-refractivity contribution in [2.24, 2.45) is 5.73 Å². The molecule has 0 aromatic heterocycles. The Balaban J connectivity index is 0.00000242. The number of rotatable bonds is 3. The number of sulfonamides is 1. The molecule has 1 aliphatic heterocycles. The van der Waals surface area contributed by atoms with Crippen molar-refractivity contribution in [3.8, 4) is 0 Å². The molecule has 1 atom stereocenters. The van der Waals surface area contributed by atoms with E-state index in [1.165, 1.54) is 17.3 Å². The summed E-state index contributed by atoms with van der Waals surface area (Å²) in [5.41, 5.74) is 5.73. The predicted octanol–water partition coefficient (Wildman–Crippen LogP) is 2.09. The number of halogens is 2. The van der Waals surface area contributed by atoms with E-state index in [0.717, 1.165) is 12.5 Å². The van der Waals surface area contributed by atoms with Gasteiger partial charge in [0.1, 0.15) is 0 Å². The van der Waals surface area contributed by atoms with Crippen molar-refractivity contribution in [2.75, 3.05) is 13.1 Å². The third kappa shape index (κ3) is 3.69. The van der Waals surface area contributed by atoms with Crippen molar-refractivity contribution < 1.29 is 13.3 Å². The van der Waals surface area contributed by atoms with Crippen LogP contribution in [0.1, 0.15) is 18.4 Å². The van der Waals surface area contributed by atoms with Crippen LogP contribution in [0.4, 0.5) is 5.69 Å². The topological polar surface area (TPSA) is 107 Å². The second-order valence-corrected chi connectivity index (χ2v) is 7.42. The maximum absolute atomic E-state index is 12.6. The fourth-order valence-corrected chi connectivity index (χ4v) is 4.18. The van der Waals surface area contributed by atoms with Crippen molar-refractivity contribution in [3.05, 3.63) is 32.8 Å². The van der Waals surface area contributed by atoms with Gasteiger partial charge in [0.15, 0.2) is 0 Å². The average Bonchev–Trinajstić information content (AvgIpc) is 2.41. The minimum absolute atomic E-state index is 0. The summed E-state index contributed by atoms with van der Waals surface area (Å²) in [5.74, 6) is 0. The summed E-state index contributed by atoms with van der Waals surface area (Å²) in [7, 11) is -3.83. The van der Waals surface area contributed by atoms with Gasteiger partial charge in [0.2, 0.25) is 10.0 Å². The SMILES string of the molecule is Cc1c(Cl)cc(S(=O)(=O)N2CCC[C@@H](N)C2)cc1[N+](=O)[O-].Cl. The van der Waals surface area contributed by atoms with E-state index >= 15 is 0 Å². The molecule has 1 heterocycles. The number of nitro groups is 1. The molecule has 0 aliphatic carbocycles. The second kappa shape index (κ2) is 7.10. The summed E-state index contributed by atoms with van der Waals surface area (Å²) in [4.78, 5) is 10.2. The van der Waals surface area contributed by atoms with Gasteiger partial charge in [-0.25, -0.2) is 8.42 Å². The number of piperidine rings is 1. The minimum atomic E-state index is -3.83. The number of benzene rings is 1. The van der Waals surface area contributed by atoms with Crippen LogP contribution in [0.3, 0.4) is 0 Å². The van der Waals surface area contributed by atoms with Crippen molar-refractivity contribution in [2.45, 2.75) is 30.7 Å². The van der Waals surface area contributed by atoms with Crippen LogP contribution in [-0.2, 0) is 10.0 Å². The zero-order valence-electron chi connectivity index (χ0n) is 11.9. The lowest BCUT2D eigenvalue weighted by molar-refractivity contribution is -0.385. The molecule has 124 valence electrons. The van der Waals surface area contributed by atoms with E-state index in [9.17, 15) is 18.5 Å². The summed E-state index contributed by atoms with van der Waals surface area (Å²) in [6.45, 7) is 2.05. The van der Waals surface area contributed by atoms with Gasteiger partial charge >= 0.3 is 0 Å². The van der Waals surface area contributed by atoms with Gasteiger partial charge in [-0.05, 0) is 25.8 Å². The summed E-state index contributed by atoms with van der Waals surface area (Å²) >= 11 is 5.92. The molecule has 0 bridgehead atoms. The van der Waals surface area contributed by atoms with E-state index < -0.39 is 14.9 Å². The molecule has 0 unspecified atom stereocenters. The summed E-state index contributed by atoms with van der Waals surface area (Å²) in [5, 5.41) is 11.1. The monoisotopic (exact) mass is 369 g/mol. The molecule has 2 N–H and O–H groups in total. The molecule has 7 nitrogen and oxygen atoms in total. The Morgan fingerprint density at radius 1 is 1.45 bits per heavy atom. The van der Waals surface area contributed by atoms with Crippen molar-refractivity contribution in [1.29, 1.82) is 0 Å². The molecule has 1 aromatic carbocycles. The van der Waals surface area contributed by atoms with Gasteiger partial charge in [-0.2, -0.15) is 4.31 Å². The van der Waals surface area contributed by atoms with Crippen molar-refractivity contribution in [3.63, 3.8) is 0 Å². The highest BCUT2D eigenvalue weighted by Crippen LogP contribution is 2.31. The van der Waals surface area contributed by atoms with Crippen LogP contribution in [0.15, 0.2) is 17.0 Å². The highest BCUT2D eigenvalue weighted by Gasteiger charge is 2.31. The Morgan fingerprint density at radius 2 is 2.09 bits per heavy atom. The average molecular weight is 370 g/mol. The quantitative estimate of drug-likeness (QED) is 0.648. The Labute approximate surface area is 140 Å². The number of nitrogens with two attached hydrogens (primary N) is 1. The minimum Gasteiger partial charge on any atom is -0.327 e. The number of hydrogen-bond donors (Lipinski definition) is 1. The molecule has 1 aromatic rings. The number of hydrogen-bond acceptors (Lipinski definition) is 5. The van der Waals surface area contributed by atoms with E-state index in [4.69, 9.17) is 17.3 Å². The Morgan fingerprint density at radius 3 is 2.64 bits per heavy atom. The third-order valence-corrected chi connectivity index (χ3v) is 5.78. The second-order valence-electron chi connectivity index (χ2n) is 5.07. The zero-order chi connectivity index (χ0) is 15.8. The Bertz CT molecular complexity index is 681.